The minimum atomic E-state index is -3.67. The molecule has 178 valence electrons. The molecule has 1 aliphatic heterocycles. The predicted octanol–water partition coefficient (Wildman–Crippen LogP) is 2.37. The molecule has 1 fully saturated rings. The lowest BCUT2D eigenvalue weighted by molar-refractivity contribution is 0.309. The minimum Gasteiger partial charge on any atom is -0.326 e. The van der Waals surface area contributed by atoms with E-state index >= 15 is 0 Å². The molecule has 1 aromatic heterocycles. The Morgan fingerprint density at radius 3 is 2.16 bits per heavy atom. The average molecular weight is 553 g/mol. The first-order valence-corrected chi connectivity index (χ1v) is 13.1. The van der Waals surface area contributed by atoms with Crippen LogP contribution in [0, 0.1) is 0 Å². The molecule has 3 rings (SSSR count). The van der Waals surface area contributed by atoms with E-state index in [0.29, 0.717) is 6.54 Å². The number of sulfone groups is 2. The molecule has 7 nitrogen and oxygen atoms in total. The number of nitrogens with zero attached hydrogens (tertiary/aromatic N) is 1. The summed E-state index contributed by atoms with van der Waals surface area (Å²) in [5.74, 6) is 0.0177. The topological polar surface area (TPSA) is 110 Å². The van der Waals surface area contributed by atoms with E-state index in [1.165, 1.54) is 30.3 Å². The van der Waals surface area contributed by atoms with Gasteiger partial charge in [-0.2, -0.15) is 0 Å². The molecule has 2 aromatic rings. The smallest absolute Gasteiger partial charge is 0.215 e. The van der Waals surface area contributed by atoms with Crippen LogP contribution in [0.2, 0.25) is 0 Å². The molecule has 2 heterocycles. The molecule has 0 amide bonds. The van der Waals surface area contributed by atoms with Crippen LogP contribution in [0.15, 0.2) is 50.4 Å². The zero-order valence-corrected chi connectivity index (χ0v) is 21.6. The van der Waals surface area contributed by atoms with Gasteiger partial charge in [0.25, 0.3) is 0 Å². The number of hydrogen-bond donors (Lipinski definition) is 2. The summed E-state index contributed by atoms with van der Waals surface area (Å²) in [5, 5.41) is 3.29. The summed E-state index contributed by atoms with van der Waals surface area (Å²) in [7, 11) is -7.14. The Balaban J connectivity index is 0.00000300. The number of thiophene rings is 1. The molecule has 0 aliphatic carbocycles. The highest BCUT2D eigenvalue weighted by Gasteiger charge is 2.22. The predicted molar refractivity (Wildman–Crippen MR) is 132 cm³/mol. The highest BCUT2D eigenvalue weighted by atomic mass is 35.5. The third-order valence-electron chi connectivity index (χ3n) is 4.71. The molecule has 0 unspecified atom stereocenters. The molecule has 1 saturated heterocycles. The Bertz CT molecular complexity index is 1010. The van der Waals surface area contributed by atoms with Crippen LogP contribution >= 0.6 is 48.6 Å². The van der Waals surface area contributed by atoms with Gasteiger partial charge in [0.1, 0.15) is 4.21 Å². The Labute approximate surface area is 206 Å². The molecule has 0 radical (unpaired) electrons. The van der Waals surface area contributed by atoms with Gasteiger partial charge in [-0.25, -0.2) is 16.8 Å². The number of nitrogens with two attached hydrogens (primary N) is 1. The van der Waals surface area contributed by atoms with Crippen LogP contribution in [-0.4, -0.2) is 60.2 Å². The van der Waals surface area contributed by atoms with E-state index < -0.39 is 19.7 Å². The van der Waals surface area contributed by atoms with Crippen molar-refractivity contribution in [2.45, 2.75) is 27.0 Å². The summed E-state index contributed by atoms with van der Waals surface area (Å²) < 4.78 is 50.9. The first-order chi connectivity index (χ1) is 13.3. The maximum absolute atomic E-state index is 12.7. The fourth-order valence-electron chi connectivity index (χ4n) is 3.05. The average Bonchev–Trinajstić information content (AvgIpc) is 3.04. The van der Waals surface area contributed by atoms with E-state index in [-0.39, 0.29) is 63.5 Å². The Morgan fingerprint density at radius 1 is 0.903 bits per heavy atom. The second-order valence-electron chi connectivity index (χ2n) is 6.66. The van der Waals surface area contributed by atoms with Crippen LogP contribution in [0.4, 0.5) is 0 Å². The first kappa shape index (κ1) is 30.6. The summed E-state index contributed by atoms with van der Waals surface area (Å²) in [6, 6.07) is 8.70. The molecule has 13 heteroatoms. The molecule has 3 N–H and O–H groups in total. The summed E-state index contributed by atoms with van der Waals surface area (Å²) in [6.45, 7) is 4.28. The Kier molecular flexibility index (Phi) is 13.1. The van der Waals surface area contributed by atoms with Gasteiger partial charge >= 0.3 is 0 Å². The van der Waals surface area contributed by atoms with Crippen molar-refractivity contribution in [3.8, 4) is 0 Å². The van der Waals surface area contributed by atoms with Crippen LogP contribution < -0.4 is 11.1 Å². The molecular weight excluding hydrogens is 525 g/mol. The van der Waals surface area contributed by atoms with Crippen molar-refractivity contribution in [1.29, 1.82) is 0 Å². The van der Waals surface area contributed by atoms with Crippen molar-refractivity contribution in [3.63, 3.8) is 0 Å². The van der Waals surface area contributed by atoms with Gasteiger partial charge in [0.15, 0.2) is 9.84 Å². The SMILES string of the molecule is Cl.Cl.Cl.NCc1ccc(S(=O)(=O)c2ccc(S(=O)(=O)CCN3CCCNCC3)cc2)s1. The van der Waals surface area contributed by atoms with Crippen LogP contribution in [0.5, 0.6) is 0 Å². The van der Waals surface area contributed by atoms with Crippen molar-refractivity contribution < 1.29 is 16.8 Å². The fourth-order valence-corrected chi connectivity index (χ4v) is 6.97. The fraction of sp³-hybridized carbons (Fsp3) is 0.444. The lowest BCUT2D eigenvalue weighted by Gasteiger charge is -2.19. The third-order valence-corrected chi connectivity index (χ3v) is 9.78. The third kappa shape index (κ3) is 7.83. The summed E-state index contributed by atoms with van der Waals surface area (Å²) in [5.41, 5.74) is 5.55. The van der Waals surface area contributed by atoms with Crippen molar-refractivity contribution in [2.24, 2.45) is 5.73 Å². The van der Waals surface area contributed by atoms with E-state index in [9.17, 15) is 16.8 Å². The van der Waals surface area contributed by atoms with Gasteiger partial charge in [0.2, 0.25) is 9.84 Å². The standard InChI is InChI=1S/C18H25N3O4S3.3ClH/c19-14-15-2-7-18(26-15)28(24,25)17-5-3-16(4-6-17)27(22,23)13-12-21-10-1-8-20-9-11-21;;;/h2-7,20H,1,8-14,19H2;3*1H. The van der Waals surface area contributed by atoms with Crippen molar-refractivity contribution in [2.75, 3.05) is 38.5 Å². The van der Waals surface area contributed by atoms with E-state index in [0.717, 1.165) is 48.8 Å². The summed E-state index contributed by atoms with van der Waals surface area (Å²) >= 11 is 1.13. The van der Waals surface area contributed by atoms with Gasteiger partial charge in [0, 0.05) is 31.1 Å². The number of benzene rings is 1. The van der Waals surface area contributed by atoms with Gasteiger partial charge in [-0.05, 0) is 55.9 Å². The van der Waals surface area contributed by atoms with Gasteiger partial charge in [-0.1, -0.05) is 0 Å². The number of hydrogen-bond acceptors (Lipinski definition) is 8. The van der Waals surface area contributed by atoms with E-state index in [2.05, 4.69) is 10.2 Å². The van der Waals surface area contributed by atoms with Crippen molar-refractivity contribution >= 4 is 68.2 Å². The summed E-state index contributed by atoms with van der Waals surface area (Å²) in [4.78, 5) is 3.15. The monoisotopic (exact) mass is 551 g/mol. The lowest BCUT2D eigenvalue weighted by atomic mass is 10.4. The van der Waals surface area contributed by atoms with Crippen LogP contribution in [-0.2, 0) is 26.2 Å². The molecule has 0 saturated carbocycles. The molecule has 31 heavy (non-hydrogen) atoms. The van der Waals surface area contributed by atoms with Gasteiger partial charge in [-0.15, -0.1) is 48.6 Å². The number of halogens is 3. The van der Waals surface area contributed by atoms with E-state index in [1.54, 1.807) is 6.07 Å². The van der Waals surface area contributed by atoms with Gasteiger partial charge in [-0.3, -0.25) is 0 Å². The largest absolute Gasteiger partial charge is 0.326 e. The number of nitrogens with one attached hydrogen (secondary N) is 1. The second kappa shape index (κ2) is 13.3. The molecule has 0 atom stereocenters. The van der Waals surface area contributed by atoms with Crippen LogP contribution in [0.1, 0.15) is 11.3 Å². The Morgan fingerprint density at radius 2 is 1.55 bits per heavy atom. The van der Waals surface area contributed by atoms with E-state index in [1.807, 2.05) is 0 Å². The zero-order valence-electron chi connectivity index (χ0n) is 16.7. The lowest BCUT2D eigenvalue weighted by Crippen LogP contribution is -2.32. The first-order valence-electron chi connectivity index (χ1n) is 9.13. The quantitative estimate of drug-likeness (QED) is 0.543. The van der Waals surface area contributed by atoms with Crippen LogP contribution in [0.3, 0.4) is 0 Å². The van der Waals surface area contributed by atoms with Gasteiger partial charge in [0.05, 0.1) is 15.5 Å². The molecule has 0 bridgehead atoms. The molecule has 1 aromatic carbocycles. The summed E-state index contributed by atoms with van der Waals surface area (Å²) in [6.07, 6.45) is 1.00. The normalized spacial score (nSPS) is 15.1. The molecular formula is C18H28Cl3N3O4S3. The highest BCUT2D eigenvalue weighted by molar-refractivity contribution is 7.93. The minimum absolute atomic E-state index is 0. The number of rotatable bonds is 7. The molecule has 0 spiro atoms. The maximum Gasteiger partial charge on any atom is 0.215 e. The van der Waals surface area contributed by atoms with Crippen molar-refractivity contribution in [3.05, 3.63) is 41.3 Å². The van der Waals surface area contributed by atoms with Gasteiger partial charge < -0.3 is 16.0 Å². The molecule has 1 aliphatic rings. The maximum atomic E-state index is 12.7. The van der Waals surface area contributed by atoms with E-state index in [4.69, 9.17) is 5.73 Å². The Hall–Kier alpha value is -0.430. The van der Waals surface area contributed by atoms with Crippen molar-refractivity contribution in [1.82, 2.24) is 10.2 Å². The van der Waals surface area contributed by atoms with Crippen LogP contribution in [0.25, 0.3) is 0 Å². The second-order valence-corrected chi connectivity index (χ2v) is 12.1. The zero-order chi connectivity index (χ0) is 20.2. The highest BCUT2D eigenvalue weighted by Crippen LogP contribution is 2.28.